The normalized spacial score (nSPS) is 11.6. The molecule has 0 bridgehead atoms. The van der Waals surface area contributed by atoms with Crippen LogP contribution >= 0.6 is 11.3 Å². The van der Waals surface area contributed by atoms with Crippen LogP contribution in [0.25, 0.3) is 10.2 Å². The van der Waals surface area contributed by atoms with Gasteiger partial charge < -0.3 is 10.4 Å². The van der Waals surface area contributed by atoms with Crippen molar-refractivity contribution in [1.82, 2.24) is 9.97 Å². The molecule has 2 rings (SSSR count). The molecule has 0 aromatic carbocycles. The second-order valence-electron chi connectivity index (χ2n) is 3.72. The van der Waals surface area contributed by atoms with Gasteiger partial charge in [-0.1, -0.05) is 0 Å². The molecule has 0 fully saturated rings. The van der Waals surface area contributed by atoms with E-state index < -0.39 is 18.1 Å². The van der Waals surface area contributed by atoms with Gasteiger partial charge in [0.25, 0.3) is 0 Å². The van der Waals surface area contributed by atoms with Crippen molar-refractivity contribution in [2.75, 3.05) is 5.32 Å². The Morgan fingerprint density at radius 1 is 1.35 bits per heavy atom. The first kappa shape index (κ1) is 14.2. The Hall–Kier alpha value is -2.23. The Morgan fingerprint density at radius 3 is 2.55 bits per heavy atom. The van der Waals surface area contributed by atoms with E-state index in [0.717, 1.165) is 17.7 Å². The molecule has 2 aromatic heterocycles. The standard InChI is InChI=1S/C10H6F3N3O3S/c1-3-4-6(16-9(19)10(11,12)13)14-2-15-7(4)20-5(3)8(17)18/h2H,1H3,(H,17,18)(H,14,15,16,19). The zero-order chi connectivity index (χ0) is 15.1. The fourth-order valence-corrected chi connectivity index (χ4v) is 2.54. The number of carbonyl (C=O) groups is 2. The van der Waals surface area contributed by atoms with Crippen LogP contribution in [-0.4, -0.2) is 33.1 Å². The third kappa shape index (κ3) is 2.41. The molecule has 6 nitrogen and oxygen atoms in total. The molecule has 2 heterocycles. The lowest BCUT2D eigenvalue weighted by Crippen LogP contribution is -2.30. The SMILES string of the molecule is Cc1c(C(=O)O)sc2ncnc(NC(=O)C(F)(F)F)c12. The first-order valence-electron chi connectivity index (χ1n) is 5.07. The van der Waals surface area contributed by atoms with Crippen LogP contribution in [0.3, 0.4) is 0 Å². The third-order valence-electron chi connectivity index (χ3n) is 2.41. The number of carboxylic acids is 1. The number of hydrogen-bond acceptors (Lipinski definition) is 5. The van der Waals surface area contributed by atoms with Crippen LogP contribution < -0.4 is 5.32 Å². The molecule has 1 amide bonds. The van der Waals surface area contributed by atoms with E-state index in [-0.39, 0.29) is 26.5 Å². The van der Waals surface area contributed by atoms with Crippen molar-refractivity contribution >= 4 is 39.2 Å². The maximum absolute atomic E-state index is 12.2. The van der Waals surface area contributed by atoms with Gasteiger partial charge in [0.1, 0.15) is 21.9 Å². The molecule has 2 N–H and O–H groups in total. The summed E-state index contributed by atoms with van der Waals surface area (Å²) in [6.45, 7) is 1.41. The average molecular weight is 305 g/mol. The minimum Gasteiger partial charge on any atom is -0.477 e. The number of aromatic nitrogens is 2. The van der Waals surface area contributed by atoms with Gasteiger partial charge in [-0.25, -0.2) is 14.8 Å². The minimum atomic E-state index is -5.06. The Kier molecular flexibility index (Phi) is 3.34. The third-order valence-corrected chi connectivity index (χ3v) is 3.60. The molecule has 0 saturated carbocycles. The number of hydrogen-bond donors (Lipinski definition) is 2. The molecule has 0 unspecified atom stereocenters. The molecule has 20 heavy (non-hydrogen) atoms. The Bertz CT molecular complexity index is 711. The summed E-state index contributed by atoms with van der Waals surface area (Å²) in [6, 6.07) is 0. The van der Waals surface area contributed by atoms with E-state index in [4.69, 9.17) is 5.11 Å². The van der Waals surface area contributed by atoms with Crippen molar-refractivity contribution in [2.24, 2.45) is 0 Å². The molecule has 0 spiro atoms. The molecular weight excluding hydrogens is 299 g/mol. The number of anilines is 1. The van der Waals surface area contributed by atoms with Crippen LogP contribution in [0.4, 0.5) is 19.0 Å². The molecular formula is C10H6F3N3O3S. The summed E-state index contributed by atoms with van der Waals surface area (Å²) in [7, 11) is 0. The summed E-state index contributed by atoms with van der Waals surface area (Å²) in [4.78, 5) is 29.4. The highest BCUT2D eigenvalue weighted by atomic mass is 32.1. The highest BCUT2D eigenvalue weighted by Gasteiger charge is 2.39. The van der Waals surface area contributed by atoms with Gasteiger partial charge in [0.15, 0.2) is 0 Å². The Morgan fingerprint density at radius 2 is 2.00 bits per heavy atom. The Labute approximate surface area is 113 Å². The summed E-state index contributed by atoms with van der Waals surface area (Å²) >= 11 is 0.798. The number of nitrogens with one attached hydrogen (secondary N) is 1. The zero-order valence-electron chi connectivity index (χ0n) is 9.78. The lowest BCUT2D eigenvalue weighted by Gasteiger charge is -2.08. The molecule has 2 aromatic rings. The van der Waals surface area contributed by atoms with E-state index in [1.54, 1.807) is 5.32 Å². The van der Waals surface area contributed by atoms with Gasteiger partial charge in [-0.05, 0) is 12.5 Å². The number of alkyl halides is 3. The lowest BCUT2D eigenvalue weighted by molar-refractivity contribution is -0.167. The van der Waals surface area contributed by atoms with Crippen LogP contribution in [0, 0.1) is 6.92 Å². The predicted octanol–water partition coefficient (Wildman–Crippen LogP) is 2.20. The van der Waals surface area contributed by atoms with E-state index in [0.29, 0.717) is 0 Å². The van der Waals surface area contributed by atoms with Gasteiger partial charge in [0.05, 0.1) is 5.39 Å². The van der Waals surface area contributed by atoms with E-state index in [1.165, 1.54) is 6.92 Å². The number of amides is 1. The van der Waals surface area contributed by atoms with Gasteiger partial charge in [0.2, 0.25) is 0 Å². The maximum atomic E-state index is 12.2. The van der Waals surface area contributed by atoms with E-state index in [2.05, 4.69) is 9.97 Å². The number of halogens is 3. The monoisotopic (exact) mass is 305 g/mol. The summed E-state index contributed by atoms with van der Waals surface area (Å²) in [6.07, 6.45) is -4.10. The zero-order valence-corrected chi connectivity index (χ0v) is 10.6. The molecule has 0 aliphatic carbocycles. The highest BCUT2D eigenvalue weighted by Crippen LogP contribution is 2.33. The van der Waals surface area contributed by atoms with Crippen molar-refractivity contribution in [3.8, 4) is 0 Å². The maximum Gasteiger partial charge on any atom is 0.471 e. The molecule has 0 radical (unpaired) electrons. The van der Waals surface area contributed by atoms with Crippen molar-refractivity contribution in [2.45, 2.75) is 13.1 Å². The second kappa shape index (κ2) is 4.71. The van der Waals surface area contributed by atoms with Crippen molar-refractivity contribution < 1.29 is 27.9 Å². The Balaban J connectivity index is 2.55. The number of nitrogens with zero attached hydrogens (tertiary/aromatic N) is 2. The average Bonchev–Trinajstić information content (AvgIpc) is 2.67. The largest absolute Gasteiger partial charge is 0.477 e. The quantitative estimate of drug-likeness (QED) is 0.887. The van der Waals surface area contributed by atoms with Crippen molar-refractivity contribution in [3.63, 3.8) is 0 Å². The smallest absolute Gasteiger partial charge is 0.471 e. The fourth-order valence-electron chi connectivity index (χ4n) is 1.55. The van der Waals surface area contributed by atoms with Gasteiger partial charge in [-0.2, -0.15) is 13.2 Å². The first-order valence-corrected chi connectivity index (χ1v) is 5.89. The summed E-state index contributed by atoms with van der Waals surface area (Å²) in [5, 5.41) is 10.7. The number of rotatable bonds is 2. The van der Waals surface area contributed by atoms with Crippen LogP contribution in [0.5, 0.6) is 0 Å². The predicted molar refractivity (Wildman–Crippen MR) is 63.8 cm³/mol. The number of fused-ring (bicyclic) bond motifs is 1. The number of aryl methyl sites for hydroxylation is 1. The number of carboxylic acid groups (broad SMARTS) is 1. The summed E-state index contributed by atoms with van der Waals surface area (Å²) < 4.78 is 36.7. The minimum absolute atomic E-state index is 0.0667. The molecule has 10 heteroatoms. The summed E-state index contributed by atoms with van der Waals surface area (Å²) in [5.41, 5.74) is 0.204. The molecule has 106 valence electrons. The van der Waals surface area contributed by atoms with Gasteiger partial charge >= 0.3 is 18.1 Å². The van der Waals surface area contributed by atoms with Crippen molar-refractivity contribution in [3.05, 3.63) is 16.8 Å². The highest BCUT2D eigenvalue weighted by molar-refractivity contribution is 7.20. The van der Waals surface area contributed by atoms with Crippen LogP contribution in [0.2, 0.25) is 0 Å². The van der Waals surface area contributed by atoms with E-state index >= 15 is 0 Å². The molecule has 0 atom stereocenters. The number of thiophene rings is 1. The van der Waals surface area contributed by atoms with Gasteiger partial charge in [-0.15, -0.1) is 11.3 Å². The number of aromatic carboxylic acids is 1. The number of carbonyl (C=O) groups excluding carboxylic acids is 1. The molecule has 0 aliphatic heterocycles. The summed E-state index contributed by atoms with van der Waals surface area (Å²) in [5.74, 6) is -3.77. The fraction of sp³-hybridized carbons (Fsp3) is 0.200. The topological polar surface area (TPSA) is 92.2 Å². The first-order chi connectivity index (χ1) is 9.21. The molecule has 0 aliphatic rings. The van der Waals surface area contributed by atoms with Gasteiger partial charge in [0, 0.05) is 0 Å². The van der Waals surface area contributed by atoms with Crippen LogP contribution in [0.1, 0.15) is 15.2 Å². The van der Waals surface area contributed by atoms with Gasteiger partial charge in [-0.3, -0.25) is 4.79 Å². The second-order valence-corrected chi connectivity index (χ2v) is 4.71. The van der Waals surface area contributed by atoms with Crippen molar-refractivity contribution in [1.29, 1.82) is 0 Å². The lowest BCUT2D eigenvalue weighted by atomic mass is 10.2. The van der Waals surface area contributed by atoms with E-state index in [1.807, 2.05) is 0 Å². The molecule has 0 saturated heterocycles. The van der Waals surface area contributed by atoms with E-state index in [9.17, 15) is 22.8 Å². The van der Waals surface area contributed by atoms with Crippen LogP contribution in [-0.2, 0) is 4.79 Å². The van der Waals surface area contributed by atoms with Crippen LogP contribution in [0.15, 0.2) is 6.33 Å².